The minimum absolute atomic E-state index is 0. The lowest BCUT2D eigenvalue weighted by atomic mass is 10.0. The molecule has 19 heavy (non-hydrogen) atoms. The summed E-state index contributed by atoms with van der Waals surface area (Å²) in [5.41, 5.74) is 5.47. The van der Waals surface area contributed by atoms with Crippen molar-refractivity contribution in [2.24, 2.45) is 5.73 Å². The number of rotatable bonds is 4. The Morgan fingerprint density at radius 3 is 1.84 bits per heavy atom. The molecule has 1 rings (SSSR count). The molecule has 110 valence electrons. The second kappa shape index (κ2) is 6.83. The van der Waals surface area contributed by atoms with Gasteiger partial charge in [0.1, 0.15) is 11.5 Å². The molecule has 0 aliphatic carbocycles. The fourth-order valence-corrected chi connectivity index (χ4v) is 1.41. The number of aliphatic hydroxyl groups excluding tert-OH is 1. The van der Waals surface area contributed by atoms with E-state index >= 15 is 0 Å². The van der Waals surface area contributed by atoms with E-state index < -0.39 is 18.3 Å². The van der Waals surface area contributed by atoms with Crippen LogP contribution in [-0.2, 0) is 0 Å². The molecule has 0 aromatic heterocycles. The maximum absolute atomic E-state index is 12.4. The summed E-state index contributed by atoms with van der Waals surface area (Å²) in [6.07, 6.45) is -7.43. The Kier molecular flexibility index (Phi) is 6.41. The maximum atomic E-state index is 12.4. The van der Waals surface area contributed by atoms with E-state index in [2.05, 4.69) is 0 Å². The van der Waals surface area contributed by atoms with Gasteiger partial charge in [-0.15, -0.1) is 12.4 Å². The van der Waals surface area contributed by atoms with Crippen molar-refractivity contribution >= 4 is 12.4 Å². The molecule has 0 radical (unpaired) electrons. The first-order valence-electron chi connectivity index (χ1n) is 5.03. The van der Waals surface area contributed by atoms with Crippen LogP contribution in [0.15, 0.2) is 18.2 Å². The Morgan fingerprint density at radius 1 is 1.11 bits per heavy atom. The topological polar surface area (TPSA) is 64.7 Å². The largest absolute Gasteiger partial charge is 0.497 e. The van der Waals surface area contributed by atoms with Crippen LogP contribution >= 0.6 is 12.4 Å². The molecule has 0 spiro atoms. The van der Waals surface area contributed by atoms with Gasteiger partial charge in [-0.3, -0.25) is 0 Å². The van der Waals surface area contributed by atoms with Crippen molar-refractivity contribution in [3.8, 4) is 11.5 Å². The first-order valence-corrected chi connectivity index (χ1v) is 5.03. The predicted molar refractivity (Wildman–Crippen MR) is 65.8 cm³/mol. The van der Waals surface area contributed by atoms with Gasteiger partial charge in [0, 0.05) is 6.07 Å². The number of ether oxygens (including phenoxy) is 2. The molecule has 4 nitrogen and oxygen atoms in total. The fraction of sp³-hybridized carbons (Fsp3) is 0.455. The van der Waals surface area contributed by atoms with Crippen LogP contribution in [0.2, 0.25) is 0 Å². The number of alkyl halides is 3. The molecule has 0 bridgehead atoms. The predicted octanol–water partition coefficient (Wildman–Crippen LogP) is 2.05. The quantitative estimate of drug-likeness (QED) is 0.893. The Labute approximate surface area is 114 Å². The SMILES string of the molecule is COc1cc(OC)cc([C@@H](N)[C@@H](O)C(F)(F)F)c1.Cl. The first-order chi connectivity index (χ1) is 8.29. The van der Waals surface area contributed by atoms with Crippen LogP contribution < -0.4 is 15.2 Å². The normalized spacial score (nSPS) is 14.3. The zero-order chi connectivity index (χ0) is 13.9. The summed E-state index contributed by atoms with van der Waals surface area (Å²) in [5.74, 6) is 0.600. The van der Waals surface area contributed by atoms with E-state index in [-0.39, 0.29) is 18.0 Å². The molecular weight excluding hydrogens is 287 g/mol. The molecule has 0 heterocycles. The van der Waals surface area contributed by atoms with E-state index in [1.165, 1.54) is 32.4 Å². The molecule has 0 saturated carbocycles. The molecule has 8 heteroatoms. The summed E-state index contributed by atoms with van der Waals surface area (Å²) >= 11 is 0. The Balaban J connectivity index is 0.00000324. The van der Waals surface area contributed by atoms with Gasteiger partial charge in [-0.25, -0.2) is 0 Å². The number of methoxy groups -OCH3 is 2. The second-order valence-corrected chi connectivity index (χ2v) is 3.66. The van der Waals surface area contributed by atoms with E-state index in [0.29, 0.717) is 11.5 Å². The zero-order valence-corrected chi connectivity index (χ0v) is 11.1. The van der Waals surface area contributed by atoms with Crippen LogP contribution in [0.3, 0.4) is 0 Å². The van der Waals surface area contributed by atoms with Gasteiger partial charge in [-0.2, -0.15) is 13.2 Å². The first kappa shape index (κ1) is 17.8. The third-order valence-electron chi connectivity index (χ3n) is 2.43. The third kappa shape index (κ3) is 4.45. The third-order valence-corrected chi connectivity index (χ3v) is 2.43. The Morgan fingerprint density at radius 2 is 1.53 bits per heavy atom. The van der Waals surface area contributed by atoms with E-state index in [9.17, 15) is 13.2 Å². The summed E-state index contributed by atoms with van der Waals surface area (Å²) in [6, 6.07) is 2.54. The molecule has 0 fully saturated rings. The summed E-state index contributed by atoms with van der Waals surface area (Å²) in [6.45, 7) is 0. The highest BCUT2D eigenvalue weighted by Crippen LogP contribution is 2.32. The summed E-state index contributed by atoms with van der Waals surface area (Å²) in [7, 11) is 2.73. The van der Waals surface area contributed by atoms with Crippen molar-refractivity contribution < 1.29 is 27.8 Å². The average Bonchev–Trinajstić information content (AvgIpc) is 2.35. The monoisotopic (exact) mass is 301 g/mol. The average molecular weight is 302 g/mol. The zero-order valence-electron chi connectivity index (χ0n) is 10.3. The number of hydrogen-bond acceptors (Lipinski definition) is 4. The van der Waals surface area contributed by atoms with Crippen molar-refractivity contribution in [2.75, 3.05) is 14.2 Å². The molecule has 3 N–H and O–H groups in total. The van der Waals surface area contributed by atoms with Gasteiger partial charge >= 0.3 is 6.18 Å². The standard InChI is InChI=1S/C11H14F3NO3.ClH/c1-17-7-3-6(4-8(5-7)18-2)9(15)10(16)11(12,13)14;/h3-5,9-10,16H,15H2,1-2H3;1H/t9-,10-;/m1./s1. The van der Waals surface area contributed by atoms with Gasteiger partial charge in [-0.1, -0.05) is 0 Å². The lowest BCUT2D eigenvalue weighted by molar-refractivity contribution is -0.210. The molecule has 2 atom stereocenters. The Bertz CT molecular complexity index is 392. The van der Waals surface area contributed by atoms with Crippen LogP contribution in [0.1, 0.15) is 11.6 Å². The minimum Gasteiger partial charge on any atom is -0.497 e. The van der Waals surface area contributed by atoms with Crippen LogP contribution in [0.25, 0.3) is 0 Å². The number of halogens is 4. The molecular formula is C11H15ClF3NO3. The highest BCUT2D eigenvalue weighted by atomic mass is 35.5. The lowest BCUT2D eigenvalue weighted by Crippen LogP contribution is -2.38. The van der Waals surface area contributed by atoms with Gasteiger partial charge in [0.2, 0.25) is 0 Å². The van der Waals surface area contributed by atoms with Gasteiger partial charge < -0.3 is 20.3 Å². The van der Waals surface area contributed by atoms with E-state index in [4.69, 9.17) is 20.3 Å². The minimum atomic E-state index is -4.78. The maximum Gasteiger partial charge on any atom is 0.416 e. The highest BCUT2D eigenvalue weighted by Gasteiger charge is 2.42. The number of aliphatic hydroxyl groups is 1. The fourth-order valence-electron chi connectivity index (χ4n) is 1.41. The van der Waals surface area contributed by atoms with Crippen LogP contribution in [0.5, 0.6) is 11.5 Å². The number of benzene rings is 1. The molecule has 0 aliphatic rings. The van der Waals surface area contributed by atoms with Crippen LogP contribution in [0, 0.1) is 0 Å². The summed E-state index contributed by atoms with van der Waals surface area (Å²) in [4.78, 5) is 0. The molecule has 0 saturated heterocycles. The molecule has 0 unspecified atom stereocenters. The van der Waals surface area contributed by atoms with Gasteiger partial charge in [0.25, 0.3) is 0 Å². The summed E-state index contributed by atoms with van der Waals surface area (Å²) in [5, 5.41) is 9.10. The highest BCUT2D eigenvalue weighted by molar-refractivity contribution is 5.85. The van der Waals surface area contributed by atoms with Crippen molar-refractivity contribution in [1.29, 1.82) is 0 Å². The molecule has 0 aliphatic heterocycles. The molecule has 1 aromatic rings. The van der Waals surface area contributed by atoms with E-state index in [0.717, 1.165) is 0 Å². The number of hydrogen-bond donors (Lipinski definition) is 2. The van der Waals surface area contributed by atoms with Crippen molar-refractivity contribution in [1.82, 2.24) is 0 Å². The van der Waals surface area contributed by atoms with Crippen LogP contribution in [0.4, 0.5) is 13.2 Å². The lowest BCUT2D eigenvalue weighted by Gasteiger charge is -2.22. The summed E-state index contributed by atoms with van der Waals surface area (Å²) < 4.78 is 46.9. The smallest absolute Gasteiger partial charge is 0.416 e. The molecule has 1 aromatic carbocycles. The van der Waals surface area contributed by atoms with E-state index in [1.807, 2.05) is 0 Å². The van der Waals surface area contributed by atoms with Crippen molar-refractivity contribution in [3.63, 3.8) is 0 Å². The van der Waals surface area contributed by atoms with E-state index in [1.54, 1.807) is 0 Å². The van der Waals surface area contributed by atoms with Gasteiger partial charge in [-0.05, 0) is 17.7 Å². The van der Waals surface area contributed by atoms with Crippen LogP contribution in [-0.4, -0.2) is 31.6 Å². The van der Waals surface area contributed by atoms with Crippen molar-refractivity contribution in [3.05, 3.63) is 23.8 Å². The Hall–Kier alpha value is -1.18. The number of nitrogens with two attached hydrogens (primary N) is 1. The van der Waals surface area contributed by atoms with Gasteiger partial charge in [0.05, 0.1) is 20.3 Å². The molecule has 0 amide bonds. The van der Waals surface area contributed by atoms with Gasteiger partial charge in [0.15, 0.2) is 6.10 Å². The van der Waals surface area contributed by atoms with Crippen molar-refractivity contribution in [2.45, 2.75) is 18.3 Å². The second-order valence-electron chi connectivity index (χ2n) is 3.66.